The van der Waals surface area contributed by atoms with E-state index in [1.807, 2.05) is 42.8 Å². The number of imidazole rings is 1. The van der Waals surface area contributed by atoms with Crippen molar-refractivity contribution in [2.45, 2.75) is 31.9 Å². The normalized spacial score (nSPS) is 15.3. The smallest absolute Gasteiger partial charge is 0.298 e. The molecule has 7 rings (SSSR count). The standard InChI is InChI=1S/C30H26F2N6O4S3/c1-30(31,32)28-36-38-12-22(35-29(38)45-28)26-34-21-10-20(40-3)11-23(24(21)44-26)42-13-18-15-43-25(33-18)16-4-6-17(7-5-16)27(39)37(2)19-8-9-41-14-19/h4-7,10-12,15,19H,8-9,13-14H2,1-3H3/t19-/m0/s1. The van der Waals surface area contributed by atoms with Gasteiger partial charge in [-0.2, -0.15) is 13.9 Å². The number of carbonyl (C=O) groups excluding carboxylic acids is 1. The molecule has 1 atom stereocenters. The molecule has 0 spiro atoms. The summed E-state index contributed by atoms with van der Waals surface area (Å²) in [5.41, 5.74) is 3.48. The van der Waals surface area contributed by atoms with Crippen molar-refractivity contribution in [3.63, 3.8) is 0 Å². The molecule has 0 radical (unpaired) electrons. The number of hydrogen-bond donors (Lipinski definition) is 0. The molecule has 1 saturated heterocycles. The van der Waals surface area contributed by atoms with Crippen LogP contribution >= 0.6 is 34.0 Å². The maximum atomic E-state index is 13.7. The van der Waals surface area contributed by atoms with E-state index in [1.165, 1.54) is 27.2 Å². The second-order valence-electron chi connectivity index (χ2n) is 10.6. The fraction of sp³-hybridized carbons (Fsp3) is 0.300. The van der Waals surface area contributed by atoms with Crippen LogP contribution in [-0.2, 0) is 17.3 Å². The van der Waals surface area contributed by atoms with Gasteiger partial charge in [0, 0.05) is 49.2 Å². The summed E-state index contributed by atoms with van der Waals surface area (Å²) in [6.45, 7) is 2.29. The van der Waals surface area contributed by atoms with Gasteiger partial charge in [0.2, 0.25) is 4.96 Å². The van der Waals surface area contributed by atoms with E-state index in [1.54, 1.807) is 24.3 Å². The molecular formula is C30H26F2N6O4S3. The van der Waals surface area contributed by atoms with Crippen molar-refractivity contribution in [3.05, 3.63) is 64.2 Å². The summed E-state index contributed by atoms with van der Waals surface area (Å²) in [6, 6.07) is 11.2. The lowest BCUT2D eigenvalue weighted by Crippen LogP contribution is -2.37. The minimum absolute atomic E-state index is 0.0270. The molecule has 1 aliphatic heterocycles. The van der Waals surface area contributed by atoms with Gasteiger partial charge in [0.25, 0.3) is 11.8 Å². The Balaban J connectivity index is 1.07. The number of alkyl halides is 2. The molecule has 1 aliphatic rings. The van der Waals surface area contributed by atoms with E-state index in [0.29, 0.717) is 51.5 Å². The molecule has 6 aromatic rings. The first-order valence-corrected chi connectivity index (χ1v) is 16.4. The summed E-state index contributed by atoms with van der Waals surface area (Å²) in [5, 5.41) is 7.04. The predicted molar refractivity (Wildman–Crippen MR) is 169 cm³/mol. The Morgan fingerprint density at radius 2 is 1.98 bits per heavy atom. The molecule has 45 heavy (non-hydrogen) atoms. The Morgan fingerprint density at radius 3 is 2.69 bits per heavy atom. The zero-order valence-corrected chi connectivity index (χ0v) is 26.8. The van der Waals surface area contributed by atoms with Crippen LogP contribution in [0.2, 0.25) is 0 Å². The first-order valence-electron chi connectivity index (χ1n) is 13.9. The minimum atomic E-state index is -3.03. The van der Waals surface area contributed by atoms with Crippen molar-refractivity contribution < 1.29 is 27.8 Å². The minimum Gasteiger partial charge on any atom is -0.497 e. The number of amides is 1. The average Bonchev–Trinajstić information content (AvgIpc) is 3.86. The number of rotatable bonds is 9. The number of benzene rings is 2. The second kappa shape index (κ2) is 11.7. The van der Waals surface area contributed by atoms with Gasteiger partial charge in [0.05, 0.1) is 41.9 Å². The Labute approximate surface area is 267 Å². The van der Waals surface area contributed by atoms with E-state index in [2.05, 4.69) is 10.1 Å². The van der Waals surface area contributed by atoms with Crippen molar-refractivity contribution in [1.82, 2.24) is 29.5 Å². The highest BCUT2D eigenvalue weighted by Crippen LogP contribution is 2.40. The van der Waals surface area contributed by atoms with Crippen LogP contribution in [0, 0.1) is 0 Å². The van der Waals surface area contributed by atoms with Crippen LogP contribution in [0.1, 0.15) is 34.4 Å². The number of hydrogen-bond acceptors (Lipinski definition) is 11. The molecule has 1 amide bonds. The summed E-state index contributed by atoms with van der Waals surface area (Å²) in [5.74, 6) is -1.90. The average molecular weight is 669 g/mol. The van der Waals surface area contributed by atoms with Crippen LogP contribution < -0.4 is 9.47 Å². The molecule has 0 N–H and O–H groups in total. The molecular weight excluding hydrogens is 643 g/mol. The number of thiazole rings is 2. The van der Waals surface area contributed by atoms with Gasteiger partial charge in [-0.1, -0.05) is 23.5 Å². The van der Waals surface area contributed by atoms with Gasteiger partial charge < -0.3 is 19.1 Å². The van der Waals surface area contributed by atoms with Crippen molar-refractivity contribution in [2.24, 2.45) is 0 Å². The molecule has 4 aromatic heterocycles. The van der Waals surface area contributed by atoms with Gasteiger partial charge in [-0.25, -0.2) is 19.5 Å². The number of halogens is 2. The van der Waals surface area contributed by atoms with Crippen LogP contribution in [0.4, 0.5) is 8.78 Å². The third-order valence-electron chi connectivity index (χ3n) is 7.38. The summed E-state index contributed by atoms with van der Waals surface area (Å²) >= 11 is 3.72. The summed E-state index contributed by atoms with van der Waals surface area (Å²) in [4.78, 5) is 29.0. The number of carbonyl (C=O) groups is 1. The maximum Gasteiger partial charge on any atom is 0.298 e. The molecule has 0 aliphatic carbocycles. The Hall–Kier alpha value is -4.05. The van der Waals surface area contributed by atoms with Crippen LogP contribution in [-0.4, -0.2) is 68.8 Å². The Kier molecular flexibility index (Phi) is 7.71. The SMILES string of the molecule is COc1cc(OCc2csc(-c3ccc(C(=O)N(C)[C@H]4CCOC4)cc3)n2)c2sc(-c3cn4nc(C(C)(F)F)sc4n3)nc2c1. The number of fused-ring (bicyclic) bond motifs is 2. The van der Waals surface area contributed by atoms with E-state index in [0.717, 1.165) is 45.6 Å². The molecule has 1 fully saturated rings. The van der Waals surface area contributed by atoms with Crippen LogP contribution in [0.25, 0.3) is 36.5 Å². The number of aromatic nitrogens is 5. The summed E-state index contributed by atoms with van der Waals surface area (Å²) < 4.78 is 46.7. The van der Waals surface area contributed by atoms with E-state index in [-0.39, 0.29) is 23.6 Å². The third-order valence-corrected chi connectivity index (χ3v) is 10.5. The fourth-order valence-electron chi connectivity index (χ4n) is 4.90. The van der Waals surface area contributed by atoms with E-state index >= 15 is 0 Å². The highest BCUT2D eigenvalue weighted by Gasteiger charge is 2.30. The highest BCUT2D eigenvalue weighted by atomic mass is 32.1. The first-order chi connectivity index (χ1) is 21.7. The van der Waals surface area contributed by atoms with Gasteiger partial charge in [0.15, 0.2) is 5.01 Å². The van der Waals surface area contributed by atoms with Crippen LogP contribution in [0.5, 0.6) is 11.5 Å². The Morgan fingerprint density at radius 1 is 1.16 bits per heavy atom. The van der Waals surface area contributed by atoms with Crippen LogP contribution in [0.3, 0.4) is 0 Å². The quantitative estimate of drug-likeness (QED) is 0.167. The van der Waals surface area contributed by atoms with Gasteiger partial charge in [-0.05, 0) is 18.6 Å². The van der Waals surface area contributed by atoms with E-state index < -0.39 is 5.92 Å². The first kappa shape index (κ1) is 29.6. The predicted octanol–water partition coefficient (Wildman–Crippen LogP) is 6.75. The molecule has 0 saturated carbocycles. The van der Waals surface area contributed by atoms with Crippen molar-refractivity contribution in [2.75, 3.05) is 27.4 Å². The maximum absolute atomic E-state index is 13.7. The lowest BCUT2D eigenvalue weighted by molar-refractivity contribution is 0.0163. The molecule has 5 heterocycles. The van der Waals surface area contributed by atoms with E-state index in [9.17, 15) is 13.6 Å². The van der Waals surface area contributed by atoms with Crippen molar-refractivity contribution in [3.8, 4) is 32.8 Å². The highest BCUT2D eigenvalue weighted by molar-refractivity contribution is 7.22. The van der Waals surface area contributed by atoms with Crippen LogP contribution in [0.15, 0.2) is 48.0 Å². The van der Waals surface area contributed by atoms with Crippen molar-refractivity contribution in [1.29, 1.82) is 0 Å². The Bertz CT molecular complexity index is 1980. The van der Waals surface area contributed by atoms with Gasteiger partial charge in [-0.3, -0.25) is 4.79 Å². The number of nitrogens with zero attached hydrogens (tertiary/aromatic N) is 6. The summed E-state index contributed by atoms with van der Waals surface area (Å²) in [6.07, 6.45) is 2.45. The van der Waals surface area contributed by atoms with Crippen molar-refractivity contribution >= 4 is 55.1 Å². The fourth-order valence-corrected chi connectivity index (χ4v) is 7.49. The van der Waals surface area contributed by atoms with Gasteiger partial charge in [0.1, 0.15) is 33.8 Å². The monoisotopic (exact) mass is 668 g/mol. The summed E-state index contributed by atoms with van der Waals surface area (Å²) in [7, 11) is 3.39. The van der Waals surface area contributed by atoms with E-state index in [4.69, 9.17) is 24.2 Å². The lowest BCUT2D eigenvalue weighted by Gasteiger charge is -2.23. The number of ether oxygens (including phenoxy) is 3. The molecule has 15 heteroatoms. The van der Waals surface area contributed by atoms with Gasteiger partial charge in [-0.15, -0.1) is 22.7 Å². The molecule has 0 unspecified atom stereocenters. The molecule has 10 nitrogen and oxygen atoms in total. The topological polar surface area (TPSA) is 104 Å². The molecule has 2 aromatic carbocycles. The zero-order valence-electron chi connectivity index (χ0n) is 24.3. The lowest BCUT2D eigenvalue weighted by atomic mass is 10.1. The third kappa shape index (κ3) is 5.88. The second-order valence-corrected chi connectivity index (χ2v) is 13.4. The largest absolute Gasteiger partial charge is 0.497 e. The van der Waals surface area contributed by atoms with Gasteiger partial charge >= 0.3 is 0 Å². The number of methoxy groups -OCH3 is 1. The molecule has 0 bridgehead atoms. The zero-order chi connectivity index (χ0) is 31.3. The molecule has 232 valence electrons. The number of likely N-dealkylation sites (N-methyl/N-ethyl adjacent to an activating group) is 1.